The number of nitrogens with zero attached hydrogens (tertiary/aromatic N) is 3. The van der Waals surface area contributed by atoms with Gasteiger partial charge in [0.25, 0.3) is 0 Å². The summed E-state index contributed by atoms with van der Waals surface area (Å²) in [6.45, 7) is 5.85. The number of sulfonamides is 1. The smallest absolute Gasteiger partial charge is 0.214 e. The van der Waals surface area contributed by atoms with Gasteiger partial charge >= 0.3 is 0 Å². The first kappa shape index (κ1) is 15.2. The Kier molecular flexibility index (Phi) is 4.20. The first-order chi connectivity index (χ1) is 9.95. The molecule has 6 nitrogen and oxygen atoms in total. The lowest BCUT2D eigenvalue weighted by Gasteiger charge is -2.31. The van der Waals surface area contributed by atoms with Crippen LogP contribution in [-0.4, -0.2) is 42.2 Å². The first-order valence-electron chi connectivity index (χ1n) is 7.55. The average molecular weight is 330 g/mol. The molecular formula is C13H22N4O2S2. The van der Waals surface area contributed by atoms with Crippen LogP contribution in [0.25, 0.3) is 0 Å². The van der Waals surface area contributed by atoms with E-state index in [0.717, 1.165) is 49.7 Å². The zero-order valence-corrected chi connectivity index (χ0v) is 14.1. The van der Waals surface area contributed by atoms with Crippen LogP contribution in [0.4, 0.5) is 5.13 Å². The van der Waals surface area contributed by atoms with Crippen molar-refractivity contribution < 1.29 is 8.42 Å². The highest BCUT2D eigenvalue weighted by Gasteiger charge is 2.37. The van der Waals surface area contributed by atoms with Gasteiger partial charge in [0.15, 0.2) is 0 Å². The van der Waals surface area contributed by atoms with Crippen LogP contribution >= 0.6 is 11.5 Å². The van der Waals surface area contributed by atoms with Crippen LogP contribution in [0.15, 0.2) is 0 Å². The molecule has 1 saturated heterocycles. The van der Waals surface area contributed by atoms with Crippen LogP contribution in [0.2, 0.25) is 0 Å². The molecule has 118 valence electrons. The maximum Gasteiger partial charge on any atom is 0.214 e. The average Bonchev–Trinajstić information content (AvgIpc) is 3.18. The molecule has 8 heteroatoms. The van der Waals surface area contributed by atoms with E-state index in [9.17, 15) is 8.42 Å². The molecule has 1 aromatic heterocycles. The van der Waals surface area contributed by atoms with Gasteiger partial charge in [-0.15, -0.1) is 0 Å². The Balaban J connectivity index is 1.54. The van der Waals surface area contributed by atoms with Crippen LogP contribution < -0.4 is 9.62 Å². The Bertz CT molecular complexity index is 587. The molecule has 0 unspecified atom stereocenters. The van der Waals surface area contributed by atoms with Crippen LogP contribution in [0.1, 0.15) is 51.3 Å². The summed E-state index contributed by atoms with van der Waals surface area (Å²) >= 11 is 1.44. The molecule has 1 aliphatic heterocycles. The standard InChI is InChI=1S/C13H22N4O2S2/c1-9(2)12-14-13(20-15-12)17-7-5-10(6-8-17)16-21(18,19)11-3-4-11/h9-11,16H,3-8H2,1-2H3. The summed E-state index contributed by atoms with van der Waals surface area (Å²) in [5, 5.41) is 0.828. The van der Waals surface area contributed by atoms with Gasteiger partial charge in [-0.05, 0) is 25.7 Å². The van der Waals surface area contributed by atoms with E-state index in [1.54, 1.807) is 0 Å². The van der Waals surface area contributed by atoms with E-state index in [0.29, 0.717) is 5.92 Å². The quantitative estimate of drug-likeness (QED) is 0.889. The van der Waals surface area contributed by atoms with E-state index in [1.165, 1.54) is 11.5 Å². The number of hydrogen-bond donors (Lipinski definition) is 1. The van der Waals surface area contributed by atoms with Crippen LogP contribution in [0, 0.1) is 0 Å². The highest BCUT2D eigenvalue weighted by atomic mass is 32.2. The van der Waals surface area contributed by atoms with Gasteiger partial charge in [-0.2, -0.15) is 4.37 Å². The predicted octanol–water partition coefficient (Wildman–Crippen LogP) is 1.71. The molecule has 2 aliphatic rings. The highest BCUT2D eigenvalue weighted by molar-refractivity contribution is 7.90. The van der Waals surface area contributed by atoms with Crippen molar-refractivity contribution in [3.05, 3.63) is 5.82 Å². The van der Waals surface area contributed by atoms with E-state index in [2.05, 4.69) is 32.8 Å². The Hall–Kier alpha value is -0.730. The van der Waals surface area contributed by atoms with Crippen molar-refractivity contribution in [3.63, 3.8) is 0 Å². The van der Waals surface area contributed by atoms with Gasteiger partial charge < -0.3 is 4.90 Å². The minimum atomic E-state index is -3.07. The summed E-state index contributed by atoms with van der Waals surface area (Å²) < 4.78 is 31.1. The van der Waals surface area contributed by atoms with Gasteiger partial charge in [-0.25, -0.2) is 18.1 Å². The molecule has 0 atom stereocenters. The summed E-state index contributed by atoms with van der Waals surface area (Å²) in [7, 11) is -3.07. The van der Waals surface area contributed by atoms with Crippen molar-refractivity contribution >= 4 is 26.7 Å². The van der Waals surface area contributed by atoms with E-state index in [4.69, 9.17) is 0 Å². The Morgan fingerprint density at radius 2 is 1.90 bits per heavy atom. The van der Waals surface area contributed by atoms with E-state index in [-0.39, 0.29) is 11.3 Å². The van der Waals surface area contributed by atoms with Gasteiger partial charge in [-0.1, -0.05) is 13.8 Å². The third kappa shape index (κ3) is 3.54. The normalized spacial score (nSPS) is 21.2. The van der Waals surface area contributed by atoms with E-state index >= 15 is 0 Å². The fourth-order valence-electron chi connectivity index (χ4n) is 2.48. The second-order valence-corrected chi connectivity index (χ2v) is 8.94. The molecule has 1 N–H and O–H groups in total. The topological polar surface area (TPSA) is 75.2 Å². The Morgan fingerprint density at radius 1 is 1.24 bits per heavy atom. The largest absolute Gasteiger partial charge is 0.347 e. The molecule has 0 bridgehead atoms. The van der Waals surface area contributed by atoms with Crippen LogP contribution in [-0.2, 0) is 10.0 Å². The summed E-state index contributed by atoms with van der Waals surface area (Å²) in [6.07, 6.45) is 3.30. The highest BCUT2D eigenvalue weighted by Crippen LogP contribution is 2.29. The minimum absolute atomic E-state index is 0.0735. The van der Waals surface area contributed by atoms with Gasteiger partial charge in [0.05, 0.1) is 5.25 Å². The molecule has 0 amide bonds. The maximum absolute atomic E-state index is 11.9. The monoisotopic (exact) mass is 330 g/mol. The molecule has 1 aromatic rings. The Morgan fingerprint density at radius 3 is 2.43 bits per heavy atom. The second-order valence-electron chi connectivity index (χ2n) is 6.21. The number of anilines is 1. The molecular weight excluding hydrogens is 308 g/mol. The SMILES string of the molecule is CC(C)c1nsc(N2CCC(NS(=O)(=O)C3CC3)CC2)n1. The maximum atomic E-state index is 11.9. The number of aromatic nitrogens is 2. The summed E-state index contributed by atoms with van der Waals surface area (Å²) in [6, 6.07) is 0.0735. The van der Waals surface area contributed by atoms with Crippen molar-refractivity contribution in [1.82, 2.24) is 14.1 Å². The van der Waals surface area contributed by atoms with E-state index < -0.39 is 10.0 Å². The predicted molar refractivity (Wildman–Crippen MR) is 84.3 cm³/mol. The molecule has 0 radical (unpaired) electrons. The van der Waals surface area contributed by atoms with Crippen molar-refractivity contribution in [3.8, 4) is 0 Å². The molecule has 3 rings (SSSR count). The lowest BCUT2D eigenvalue weighted by Crippen LogP contribution is -2.45. The first-order valence-corrected chi connectivity index (χ1v) is 9.87. The molecule has 2 fully saturated rings. The molecule has 1 aliphatic carbocycles. The fourth-order valence-corrected chi connectivity index (χ4v) is 4.99. The lowest BCUT2D eigenvalue weighted by molar-refractivity contribution is 0.459. The van der Waals surface area contributed by atoms with Crippen molar-refractivity contribution in [1.29, 1.82) is 0 Å². The van der Waals surface area contributed by atoms with Crippen LogP contribution in [0.5, 0.6) is 0 Å². The summed E-state index contributed by atoms with van der Waals surface area (Å²) in [4.78, 5) is 6.78. The molecule has 0 aromatic carbocycles. The van der Waals surface area contributed by atoms with Gasteiger partial charge in [0.1, 0.15) is 5.82 Å². The Labute approximate surface area is 130 Å². The third-order valence-corrected chi connectivity index (χ3v) is 6.81. The molecule has 0 spiro atoms. The number of hydrogen-bond acceptors (Lipinski definition) is 6. The molecule has 1 saturated carbocycles. The number of nitrogens with one attached hydrogen (secondary N) is 1. The summed E-state index contributed by atoms with van der Waals surface area (Å²) in [5.41, 5.74) is 0. The van der Waals surface area contributed by atoms with Crippen molar-refractivity contribution in [2.45, 2.75) is 56.7 Å². The van der Waals surface area contributed by atoms with Gasteiger partial charge in [0.2, 0.25) is 15.2 Å². The lowest BCUT2D eigenvalue weighted by atomic mass is 10.1. The van der Waals surface area contributed by atoms with E-state index in [1.807, 2.05) is 0 Å². The van der Waals surface area contributed by atoms with Gasteiger partial charge in [0, 0.05) is 36.6 Å². The third-order valence-electron chi connectivity index (χ3n) is 4.01. The number of rotatable bonds is 5. The molecule has 21 heavy (non-hydrogen) atoms. The van der Waals surface area contributed by atoms with Crippen LogP contribution in [0.3, 0.4) is 0 Å². The fraction of sp³-hybridized carbons (Fsp3) is 0.846. The summed E-state index contributed by atoms with van der Waals surface area (Å²) in [5.74, 6) is 1.24. The zero-order chi connectivity index (χ0) is 15.0. The van der Waals surface area contributed by atoms with Crippen molar-refractivity contribution in [2.24, 2.45) is 0 Å². The van der Waals surface area contributed by atoms with Gasteiger partial charge in [-0.3, -0.25) is 0 Å². The van der Waals surface area contributed by atoms with Crippen molar-refractivity contribution in [2.75, 3.05) is 18.0 Å². The molecule has 2 heterocycles. The minimum Gasteiger partial charge on any atom is -0.347 e. The zero-order valence-electron chi connectivity index (χ0n) is 12.4. The second kappa shape index (κ2) is 5.81. The number of piperidine rings is 1.